The number of carboxylic acids is 1. The van der Waals surface area contributed by atoms with Crippen molar-refractivity contribution in [3.8, 4) is 5.88 Å². The van der Waals surface area contributed by atoms with E-state index >= 15 is 0 Å². The van der Waals surface area contributed by atoms with Gasteiger partial charge in [-0.1, -0.05) is 29.8 Å². The molecule has 1 aliphatic rings. The van der Waals surface area contributed by atoms with Gasteiger partial charge < -0.3 is 15.2 Å². The summed E-state index contributed by atoms with van der Waals surface area (Å²) >= 11 is 6.04. The molecule has 0 unspecified atom stereocenters. The summed E-state index contributed by atoms with van der Waals surface area (Å²) in [4.78, 5) is 46.2. The highest BCUT2D eigenvalue weighted by Gasteiger charge is 2.26. The summed E-state index contributed by atoms with van der Waals surface area (Å²) in [6.45, 7) is 0. The van der Waals surface area contributed by atoms with Crippen LogP contribution in [0.1, 0.15) is 34.3 Å². The molecule has 0 spiro atoms. The molecule has 0 fully saturated rings. The molecule has 2 heterocycles. The van der Waals surface area contributed by atoms with Crippen molar-refractivity contribution in [2.24, 2.45) is 10.9 Å². The SMILES string of the molecule is COc1ccc(NC(=O)c2ccccc2CC(=O)C[C@H](CC2=Nc3ccc(Cl)cc3C2)C(=O)O)cn1. The molecule has 1 aliphatic heterocycles. The number of amides is 1. The van der Waals surface area contributed by atoms with Crippen LogP contribution in [0.3, 0.4) is 0 Å². The molecule has 184 valence electrons. The second kappa shape index (κ2) is 11.1. The van der Waals surface area contributed by atoms with Gasteiger partial charge in [0.2, 0.25) is 5.88 Å². The normalized spacial score (nSPS) is 12.9. The zero-order valence-corrected chi connectivity index (χ0v) is 20.3. The minimum Gasteiger partial charge on any atom is -0.481 e. The number of rotatable bonds is 10. The lowest BCUT2D eigenvalue weighted by molar-refractivity contribution is -0.143. The standard InChI is InChI=1S/C27H24ClN3O5/c1-36-25-9-7-20(15-29-25)31-26(33)23-5-3-2-4-16(23)13-22(32)14-18(27(34)35)12-21-11-17-10-19(28)6-8-24(17)30-21/h2-10,15,18H,11-14H2,1H3,(H,31,33)(H,34,35)/t18-/m0/s1. The highest BCUT2D eigenvalue weighted by atomic mass is 35.5. The minimum atomic E-state index is -1.06. The molecule has 0 aliphatic carbocycles. The van der Waals surface area contributed by atoms with E-state index in [0.717, 1.165) is 11.3 Å². The number of carbonyl (C=O) groups is 3. The fourth-order valence-corrected chi connectivity index (χ4v) is 4.31. The van der Waals surface area contributed by atoms with Crippen molar-refractivity contribution in [3.63, 3.8) is 0 Å². The van der Waals surface area contributed by atoms with Gasteiger partial charge in [-0.15, -0.1) is 0 Å². The van der Waals surface area contributed by atoms with Gasteiger partial charge in [-0.25, -0.2) is 4.98 Å². The third kappa shape index (κ3) is 6.14. The van der Waals surface area contributed by atoms with Gasteiger partial charge in [0.05, 0.1) is 30.6 Å². The number of nitrogens with zero attached hydrogens (tertiary/aromatic N) is 2. The molecule has 1 amide bonds. The number of halogens is 1. The second-order valence-corrected chi connectivity index (χ2v) is 8.92. The maximum absolute atomic E-state index is 12.9. The van der Waals surface area contributed by atoms with Crippen LogP contribution < -0.4 is 10.1 Å². The topological polar surface area (TPSA) is 118 Å². The number of benzene rings is 2. The van der Waals surface area contributed by atoms with E-state index < -0.39 is 17.8 Å². The van der Waals surface area contributed by atoms with Gasteiger partial charge in [-0.2, -0.15) is 0 Å². The summed E-state index contributed by atoms with van der Waals surface area (Å²) < 4.78 is 5.02. The molecule has 0 radical (unpaired) electrons. The molecular weight excluding hydrogens is 482 g/mol. The number of carboxylic acid groups (broad SMARTS) is 1. The van der Waals surface area contributed by atoms with Crippen molar-refractivity contribution in [1.29, 1.82) is 0 Å². The van der Waals surface area contributed by atoms with E-state index in [9.17, 15) is 19.5 Å². The molecule has 2 aromatic carbocycles. The maximum atomic E-state index is 12.9. The summed E-state index contributed by atoms with van der Waals surface area (Å²) in [5.74, 6) is -2.21. The molecule has 3 aromatic rings. The van der Waals surface area contributed by atoms with E-state index in [1.54, 1.807) is 48.5 Å². The van der Waals surface area contributed by atoms with Crippen LogP contribution in [0, 0.1) is 5.92 Å². The van der Waals surface area contributed by atoms with Gasteiger partial charge in [0.1, 0.15) is 5.78 Å². The average Bonchev–Trinajstić information content (AvgIpc) is 3.25. The van der Waals surface area contributed by atoms with Crippen molar-refractivity contribution >= 4 is 46.3 Å². The lowest BCUT2D eigenvalue weighted by Crippen LogP contribution is -2.23. The number of aliphatic carboxylic acids is 1. The molecule has 1 atom stereocenters. The first kappa shape index (κ1) is 25.1. The van der Waals surface area contributed by atoms with Gasteiger partial charge in [-0.05, 0) is 47.9 Å². The Balaban J connectivity index is 1.40. The number of hydrogen-bond acceptors (Lipinski definition) is 6. The number of nitrogens with one attached hydrogen (secondary N) is 1. The number of Topliss-reactive ketones (excluding diaryl/α,β-unsaturated/α-hetero) is 1. The number of aliphatic imine (C=N–C) groups is 1. The monoisotopic (exact) mass is 505 g/mol. The summed E-state index contributed by atoms with van der Waals surface area (Å²) in [5, 5.41) is 13.1. The van der Waals surface area contributed by atoms with E-state index in [1.165, 1.54) is 13.3 Å². The number of aromatic nitrogens is 1. The van der Waals surface area contributed by atoms with Crippen LogP contribution in [0.25, 0.3) is 0 Å². The maximum Gasteiger partial charge on any atom is 0.307 e. The van der Waals surface area contributed by atoms with Crippen LogP contribution >= 0.6 is 11.6 Å². The fraction of sp³-hybridized carbons (Fsp3) is 0.222. The minimum absolute atomic E-state index is 0.0590. The van der Waals surface area contributed by atoms with Crippen LogP contribution in [-0.4, -0.2) is 40.6 Å². The van der Waals surface area contributed by atoms with Crippen molar-refractivity contribution in [1.82, 2.24) is 4.98 Å². The Hall–Kier alpha value is -4.04. The predicted molar refractivity (Wildman–Crippen MR) is 137 cm³/mol. The quantitative estimate of drug-likeness (QED) is 0.404. The Labute approximate surface area is 213 Å². The molecular formula is C27H24ClN3O5. The lowest BCUT2D eigenvalue weighted by atomic mass is 9.91. The highest BCUT2D eigenvalue weighted by molar-refractivity contribution is 6.30. The molecule has 2 N–H and O–H groups in total. The van der Waals surface area contributed by atoms with Crippen LogP contribution in [0.2, 0.25) is 5.02 Å². The summed E-state index contributed by atoms with van der Waals surface area (Å²) in [5.41, 5.74) is 3.76. The summed E-state index contributed by atoms with van der Waals surface area (Å²) in [7, 11) is 1.50. The first-order valence-corrected chi connectivity index (χ1v) is 11.7. The highest BCUT2D eigenvalue weighted by Crippen LogP contribution is 2.31. The molecule has 0 bridgehead atoms. The number of ketones is 1. The third-order valence-electron chi connectivity index (χ3n) is 5.87. The lowest BCUT2D eigenvalue weighted by Gasteiger charge is -2.13. The Bertz CT molecular complexity index is 1340. The number of hydrogen-bond donors (Lipinski definition) is 2. The molecule has 0 saturated carbocycles. The van der Waals surface area contributed by atoms with Gasteiger partial charge >= 0.3 is 5.97 Å². The van der Waals surface area contributed by atoms with Crippen molar-refractivity contribution < 1.29 is 24.2 Å². The first-order valence-electron chi connectivity index (χ1n) is 11.3. The Morgan fingerprint density at radius 2 is 1.94 bits per heavy atom. The molecule has 8 nitrogen and oxygen atoms in total. The smallest absolute Gasteiger partial charge is 0.307 e. The number of pyridine rings is 1. The first-order chi connectivity index (χ1) is 17.3. The number of anilines is 1. The van der Waals surface area contributed by atoms with Crippen molar-refractivity contribution in [2.45, 2.75) is 25.7 Å². The van der Waals surface area contributed by atoms with Gasteiger partial charge in [0.15, 0.2) is 0 Å². The summed E-state index contributed by atoms with van der Waals surface area (Å²) in [6, 6.07) is 15.4. The third-order valence-corrected chi connectivity index (χ3v) is 6.11. The number of methoxy groups -OCH3 is 1. The van der Waals surface area contributed by atoms with E-state index in [0.29, 0.717) is 39.8 Å². The van der Waals surface area contributed by atoms with Crippen LogP contribution in [0.15, 0.2) is 65.8 Å². The van der Waals surface area contributed by atoms with Crippen LogP contribution in [-0.2, 0) is 22.4 Å². The predicted octanol–water partition coefficient (Wildman–Crippen LogP) is 4.92. The van der Waals surface area contributed by atoms with E-state index in [-0.39, 0.29) is 25.0 Å². The molecule has 0 saturated heterocycles. The van der Waals surface area contributed by atoms with E-state index in [2.05, 4.69) is 15.3 Å². The van der Waals surface area contributed by atoms with Gasteiger partial charge in [0.25, 0.3) is 5.91 Å². The van der Waals surface area contributed by atoms with Crippen LogP contribution in [0.4, 0.5) is 11.4 Å². The van der Waals surface area contributed by atoms with Gasteiger partial charge in [-0.3, -0.25) is 19.4 Å². The second-order valence-electron chi connectivity index (χ2n) is 8.49. The van der Waals surface area contributed by atoms with Crippen molar-refractivity contribution in [2.75, 3.05) is 12.4 Å². The zero-order valence-electron chi connectivity index (χ0n) is 19.5. The van der Waals surface area contributed by atoms with Gasteiger partial charge in [0, 0.05) is 41.6 Å². The number of ether oxygens (including phenoxy) is 1. The van der Waals surface area contributed by atoms with E-state index in [1.807, 2.05) is 6.07 Å². The van der Waals surface area contributed by atoms with Crippen molar-refractivity contribution in [3.05, 3.63) is 82.5 Å². The fourth-order valence-electron chi connectivity index (χ4n) is 4.11. The molecule has 4 rings (SSSR count). The Morgan fingerprint density at radius 1 is 1.14 bits per heavy atom. The van der Waals surface area contributed by atoms with E-state index in [4.69, 9.17) is 16.3 Å². The van der Waals surface area contributed by atoms with Crippen LogP contribution in [0.5, 0.6) is 5.88 Å². The Morgan fingerprint density at radius 3 is 2.67 bits per heavy atom. The summed E-state index contributed by atoms with van der Waals surface area (Å²) in [6.07, 6.45) is 1.93. The molecule has 36 heavy (non-hydrogen) atoms. The number of fused-ring (bicyclic) bond motifs is 1. The zero-order chi connectivity index (χ0) is 25.7. The molecule has 1 aromatic heterocycles. The number of carbonyl (C=O) groups excluding carboxylic acids is 2. The Kier molecular flexibility index (Phi) is 7.75. The average molecular weight is 506 g/mol. The molecule has 9 heteroatoms. The largest absolute Gasteiger partial charge is 0.481 e.